The average Bonchev–Trinajstić information content (AvgIpc) is 3.10. The second-order valence-corrected chi connectivity index (χ2v) is 6.47. The van der Waals surface area contributed by atoms with E-state index in [1.165, 1.54) is 18.2 Å². The van der Waals surface area contributed by atoms with Crippen molar-refractivity contribution < 1.29 is 23.4 Å². The van der Waals surface area contributed by atoms with E-state index in [9.17, 15) is 9.18 Å². The summed E-state index contributed by atoms with van der Waals surface area (Å²) in [5, 5.41) is 0. The van der Waals surface area contributed by atoms with Crippen molar-refractivity contribution in [3.63, 3.8) is 0 Å². The van der Waals surface area contributed by atoms with Gasteiger partial charge in [-0.3, -0.25) is 4.79 Å². The van der Waals surface area contributed by atoms with Crippen molar-refractivity contribution in [3.05, 3.63) is 29.6 Å². The topological polar surface area (TPSA) is 74.0 Å². The monoisotopic (exact) mass is 338 g/mol. The molecule has 24 heavy (non-hydrogen) atoms. The van der Waals surface area contributed by atoms with Crippen molar-refractivity contribution in [2.24, 2.45) is 17.1 Å². The summed E-state index contributed by atoms with van der Waals surface area (Å²) in [6.07, 6.45) is 0. The maximum Gasteiger partial charge on any atom is 0.257 e. The quantitative estimate of drug-likeness (QED) is 0.834. The Balaban J connectivity index is 1.81. The lowest BCUT2D eigenvalue weighted by atomic mass is 9.82. The normalized spacial score (nSPS) is 25.8. The Bertz CT molecular complexity index is 612. The van der Waals surface area contributed by atoms with E-state index in [4.69, 9.17) is 19.9 Å². The number of hydrogen-bond donors (Lipinski definition) is 1. The summed E-state index contributed by atoms with van der Waals surface area (Å²) < 4.78 is 30.1. The maximum atomic E-state index is 13.7. The van der Waals surface area contributed by atoms with Gasteiger partial charge in [-0.1, -0.05) is 0 Å². The molecule has 2 N–H and O–H groups in total. The predicted molar refractivity (Wildman–Crippen MR) is 85.5 cm³/mol. The first kappa shape index (κ1) is 17.1. The van der Waals surface area contributed by atoms with Gasteiger partial charge in [0.1, 0.15) is 18.2 Å². The number of methoxy groups -OCH3 is 1. The molecule has 0 radical (unpaired) electrons. The van der Waals surface area contributed by atoms with Crippen molar-refractivity contribution in [2.45, 2.75) is 0 Å². The van der Waals surface area contributed by atoms with Crippen LogP contribution in [0, 0.1) is 17.2 Å². The molecule has 2 aliphatic rings. The lowest BCUT2D eigenvalue weighted by molar-refractivity contribution is 0.0487. The average molecular weight is 338 g/mol. The fourth-order valence-electron chi connectivity index (χ4n) is 3.61. The first-order valence-electron chi connectivity index (χ1n) is 8.08. The molecule has 0 aliphatic carbocycles. The summed E-state index contributed by atoms with van der Waals surface area (Å²) in [6, 6.07) is 3.98. The number of hydrogen-bond acceptors (Lipinski definition) is 5. The molecule has 2 atom stereocenters. The van der Waals surface area contributed by atoms with E-state index in [1.54, 1.807) is 12.0 Å². The molecule has 2 fully saturated rings. The molecule has 1 amide bonds. The van der Waals surface area contributed by atoms with Crippen LogP contribution in [0.2, 0.25) is 0 Å². The molecule has 1 aromatic carbocycles. The van der Waals surface area contributed by atoms with Crippen LogP contribution in [0.3, 0.4) is 0 Å². The number of nitrogens with two attached hydrogens (primary N) is 1. The zero-order chi connectivity index (χ0) is 17.2. The Morgan fingerprint density at radius 1 is 1.54 bits per heavy atom. The molecule has 0 aromatic heterocycles. The highest BCUT2D eigenvalue weighted by Crippen LogP contribution is 2.42. The highest BCUT2D eigenvalue weighted by molar-refractivity contribution is 5.97. The van der Waals surface area contributed by atoms with Gasteiger partial charge in [-0.25, -0.2) is 4.39 Å². The van der Waals surface area contributed by atoms with Gasteiger partial charge in [-0.2, -0.15) is 0 Å². The number of ether oxygens (including phenoxy) is 3. The van der Waals surface area contributed by atoms with Crippen LogP contribution in [0.5, 0.6) is 5.75 Å². The number of carbonyl (C=O) groups is 1. The molecule has 0 bridgehead atoms. The van der Waals surface area contributed by atoms with Crippen molar-refractivity contribution in [1.82, 2.24) is 4.90 Å². The second kappa shape index (κ2) is 7.04. The summed E-state index contributed by atoms with van der Waals surface area (Å²) in [5.41, 5.74) is 5.51. The van der Waals surface area contributed by atoms with Crippen LogP contribution in [0.25, 0.3) is 0 Å². The van der Waals surface area contributed by atoms with E-state index < -0.39 is 5.82 Å². The Labute approximate surface area is 140 Å². The molecule has 132 valence electrons. The van der Waals surface area contributed by atoms with Gasteiger partial charge < -0.3 is 24.8 Å². The van der Waals surface area contributed by atoms with Gasteiger partial charge in [0.05, 0.1) is 25.4 Å². The zero-order valence-electron chi connectivity index (χ0n) is 13.8. The molecule has 3 rings (SSSR count). The van der Waals surface area contributed by atoms with Crippen LogP contribution in [0.1, 0.15) is 10.4 Å². The van der Waals surface area contributed by atoms with E-state index in [0.717, 1.165) is 0 Å². The van der Waals surface area contributed by atoms with Crippen molar-refractivity contribution in [2.75, 3.05) is 53.2 Å². The zero-order valence-corrected chi connectivity index (χ0v) is 13.8. The molecule has 2 saturated heterocycles. The largest absolute Gasteiger partial charge is 0.491 e. The number of amides is 1. The first-order chi connectivity index (χ1) is 11.6. The first-order valence-corrected chi connectivity index (χ1v) is 8.08. The molecule has 0 unspecified atom stereocenters. The maximum absolute atomic E-state index is 13.7. The number of fused-ring (bicyclic) bond motifs is 1. The van der Waals surface area contributed by atoms with E-state index in [1.807, 2.05) is 0 Å². The van der Waals surface area contributed by atoms with Crippen molar-refractivity contribution in [3.8, 4) is 5.75 Å². The minimum Gasteiger partial charge on any atom is -0.491 e. The Morgan fingerprint density at radius 2 is 2.38 bits per heavy atom. The molecule has 2 heterocycles. The molecular weight excluding hydrogens is 315 g/mol. The van der Waals surface area contributed by atoms with Crippen LogP contribution >= 0.6 is 0 Å². The third-order valence-electron chi connectivity index (χ3n) is 4.79. The molecule has 2 aliphatic heterocycles. The van der Waals surface area contributed by atoms with E-state index in [-0.39, 0.29) is 29.4 Å². The minimum absolute atomic E-state index is 0.171. The van der Waals surface area contributed by atoms with Crippen LogP contribution < -0.4 is 10.5 Å². The molecular formula is C17H23FN2O4. The Morgan fingerprint density at radius 3 is 3.12 bits per heavy atom. The number of halogens is 1. The molecule has 6 nitrogen and oxygen atoms in total. The fraction of sp³-hybridized carbons (Fsp3) is 0.588. The number of rotatable bonds is 6. The van der Waals surface area contributed by atoms with Crippen LogP contribution in [-0.2, 0) is 9.47 Å². The standard InChI is InChI=1S/C17H23FN2O4/c1-22-10-17-9-20(7-12(17)8-23-11-17)16(21)14-6-13(18)2-3-15(14)24-5-4-19/h2-3,6,12H,4-5,7-11,19H2,1H3/t12-,17-/m0/s1. The molecule has 1 aromatic rings. The summed E-state index contributed by atoms with van der Waals surface area (Å²) in [5.74, 6) is -0.0940. The fourth-order valence-corrected chi connectivity index (χ4v) is 3.61. The number of carbonyl (C=O) groups excluding carboxylic acids is 1. The van der Waals surface area contributed by atoms with Gasteiger partial charge >= 0.3 is 0 Å². The Kier molecular flexibility index (Phi) is 5.03. The van der Waals surface area contributed by atoms with Gasteiger partial charge in [0.15, 0.2) is 0 Å². The van der Waals surface area contributed by atoms with E-state index in [2.05, 4.69) is 0 Å². The van der Waals surface area contributed by atoms with Crippen LogP contribution in [0.4, 0.5) is 4.39 Å². The van der Waals surface area contributed by atoms with Gasteiger partial charge in [-0.05, 0) is 18.2 Å². The van der Waals surface area contributed by atoms with Gasteiger partial charge in [0.2, 0.25) is 0 Å². The summed E-state index contributed by atoms with van der Waals surface area (Å²) in [7, 11) is 1.65. The smallest absolute Gasteiger partial charge is 0.257 e. The molecule has 7 heteroatoms. The lowest BCUT2D eigenvalue weighted by Gasteiger charge is -2.26. The van der Waals surface area contributed by atoms with Crippen LogP contribution in [-0.4, -0.2) is 64.0 Å². The van der Waals surface area contributed by atoms with Gasteiger partial charge in [-0.15, -0.1) is 0 Å². The van der Waals surface area contributed by atoms with E-state index in [0.29, 0.717) is 45.2 Å². The summed E-state index contributed by atoms with van der Waals surface area (Å²) in [6.45, 7) is 3.45. The lowest BCUT2D eigenvalue weighted by Crippen LogP contribution is -2.37. The second-order valence-electron chi connectivity index (χ2n) is 6.47. The molecule has 0 spiro atoms. The highest BCUT2D eigenvalue weighted by atomic mass is 19.1. The number of nitrogens with zero attached hydrogens (tertiary/aromatic N) is 1. The third kappa shape index (κ3) is 3.11. The molecule has 0 saturated carbocycles. The van der Waals surface area contributed by atoms with Gasteiger partial charge in [0.25, 0.3) is 5.91 Å². The van der Waals surface area contributed by atoms with Crippen LogP contribution in [0.15, 0.2) is 18.2 Å². The minimum atomic E-state index is -0.465. The number of benzene rings is 1. The third-order valence-corrected chi connectivity index (χ3v) is 4.79. The Hall–Kier alpha value is -1.70. The van der Waals surface area contributed by atoms with Crippen molar-refractivity contribution >= 4 is 5.91 Å². The predicted octanol–water partition coefficient (Wildman–Crippen LogP) is 0.898. The van der Waals surface area contributed by atoms with Crippen molar-refractivity contribution in [1.29, 1.82) is 0 Å². The summed E-state index contributed by atoms with van der Waals surface area (Å²) in [4.78, 5) is 14.7. The number of likely N-dealkylation sites (tertiary alicyclic amines) is 1. The van der Waals surface area contributed by atoms with Gasteiger partial charge in [0, 0.05) is 38.1 Å². The summed E-state index contributed by atoms with van der Waals surface area (Å²) >= 11 is 0. The SMILES string of the molecule is COC[C@@]12COC[C@@H]1CN(C(=O)c1cc(F)ccc1OCCN)C2. The highest BCUT2D eigenvalue weighted by Gasteiger charge is 2.52. The van der Waals surface area contributed by atoms with E-state index >= 15 is 0 Å².